The second-order valence-electron chi connectivity index (χ2n) is 7.29. The van der Waals surface area contributed by atoms with Crippen molar-refractivity contribution < 1.29 is 9.90 Å². The third kappa shape index (κ3) is 4.18. The summed E-state index contributed by atoms with van der Waals surface area (Å²) in [5.41, 5.74) is -0.846. The third-order valence-electron chi connectivity index (χ3n) is 4.87. The van der Waals surface area contributed by atoms with Crippen LogP contribution in [0.4, 0.5) is 0 Å². The number of hydrogen-bond acceptors (Lipinski definition) is 4. The lowest BCUT2D eigenvalue weighted by molar-refractivity contribution is -0.145. The molecule has 0 saturated carbocycles. The zero-order chi connectivity index (χ0) is 15.5. The van der Waals surface area contributed by atoms with Gasteiger partial charge in [0.1, 0.15) is 0 Å². The Morgan fingerprint density at radius 3 is 2.43 bits per heavy atom. The van der Waals surface area contributed by atoms with Gasteiger partial charge in [0.2, 0.25) is 5.91 Å². The molecule has 0 aliphatic carbocycles. The molecule has 2 aliphatic rings. The first-order chi connectivity index (χ1) is 9.86. The van der Waals surface area contributed by atoms with Crippen LogP contribution in [0.25, 0.3) is 0 Å². The lowest BCUT2D eigenvalue weighted by Gasteiger charge is -2.43. The monoisotopic (exact) mass is 297 g/mol. The van der Waals surface area contributed by atoms with Gasteiger partial charge in [0.25, 0.3) is 0 Å². The normalized spacial score (nSPS) is 28.7. The maximum Gasteiger partial charge on any atom is 0.230 e. The third-order valence-corrected chi connectivity index (χ3v) is 4.87. The van der Waals surface area contributed by atoms with E-state index < -0.39 is 5.60 Å². The molecule has 0 aromatic rings. The number of carbonyl (C=O) groups is 1. The zero-order valence-corrected chi connectivity index (χ0v) is 13.8. The molecule has 0 aromatic carbocycles. The van der Waals surface area contributed by atoms with Crippen LogP contribution >= 0.6 is 0 Å². The first kappa shape index (κ1) is 16.7. The van der Waals surface area contributed by atoms with Gasteiger partial charge in [-0.2, -0.15) is 0 Å². The molecule has 2 saturated heterocycles. The topological polar surface area (TPSA) is 55.8 Å². The predicted molar refractivity (Wildman–Crippen MR) is 84.1 cm³/mol. The summed E-state index contributed by atoms with van der Waals surface area (Å²) < 4.78 is 0. The van der Waals surface area contributed by atoms with Crippen molar-refractivity contribution in [1.82, 2.24) is 15.1 Å². The van der Waals surface area contributed by atoms with E-state index in [1.165, 1.54) is 0 Å². The maximum atomic E-state index is 12.9. The standard InChI is InChI=1S/C16H31N3O2/c1-4-16(6-5-7-17-12-16)14(20)19-10-8-18(9-11-19)13-15(2,3)21/h17,21H,4-13H2,1-3H3. The van der Waals surface area contributed by atoms with Crippen molar-refractivity contribution in [2.24, 2.45) is 5.41 Å². The van der Waals surface area contributed by atoms with Crippen molar-refractivity contribution in [3.8, 4) is 0 Å². The number of rotatable bonds is 4. The maximum absolute atomic E-state index is 12.9. The Hall–Kier alpha value is -0.650. The number of piperidine rings is 1. The van der Waals surface area contributed by atoms with Crippen molar-refractivity contribution >= 4 is 5.91 Å². The fourth-order valence-corrected chi connectivity index (χ4v) is 3.60. The highest BCUT2D eigenvalue weighted by Crippen LogP contribution is 2.32. The minimum atomic E-state index is -0.663. The number of nitrogens with one attached hydrogen (secondary N) is 1. The van der Waals surface area contributed by atoms with Crippen LogP contribution in [-0.2, 0) is 4.79 Å². The molecule has 2 aliphatic heterocycles. The molecule has 2 fully saturated rings. The molecule has 0 aromatic heterocycles. The molecule has 122 valence electrons. The van der Waals surface area contributed by atoms with Gasteiger partial charge in [-0.15, -0.1) is 0 Å². The summed E-state index contributed by atoms with van der Waals surface area (Å²) in [6, 6.07) is 0. The highest BCUT2D eigenvalue weighted by molar-refractivity contribution is 5.83. The van der Waals surface area contributed by atoms with Crippen LogP contribution in [0.2, 0.25) is 0 Å². The van der Waals surface area contributed by atoms with Gasteiger partial charge in [0, 0.05) is 39.3 Å². The molecule has 1 atom stereocenters. The summed E-state index contributed by atoms with van der Waals surface area (Å²) in [4.78, 5) is 17.2. The predicted octanol–water partition coefficient (Wildman–Crippen LogP) is 0.681. The summed E-state index contributed by atoms with van der Waals surface area (Å²) in [5, 5.41) is 13.3. The second-order valence-corrected chi connectivity index (χ2v) is 7.29. The molecular weight excluding hydrogens is 266 g/mol. The number of piperazine rings is 1. The Labute approximate surface area is 128 Å². The van der Waals surface area contributed by atoms with Crippen molar-refractivity contribution in [1.29, 1.82) is 0 Å². The van der Waals surface area contributed by atoms with Gasteiger partial charge in [0.15, 0.2) is 0 Å². The average molecular weight is 297 g/mol. The van der Waals surface area contributed by atoms with Crippen LogP contribution < -0.4 is 5.32 Å². The molecule has 2 rings (SSSR count). The Morgan fingerprint density at radius 1 is 1.29 bits per heavy atom. The van der Waals surface area contributed by atoms with E-state index in [4.69, 9.17) is 0 Å². The number of hydrogen-bond donors (Lipinski definition) is 2. The molecule has 2 N–H and O–H groups in total. The highest BCUT2D eigenvalue weighted by Gasteiger charge is 2.41. The smallest absolute Gasteiger partial charge is 0.230 e. The second kappa shape index (κ2) is 6.63. The molecule has 2 heterocycles. The van der Waals surface area contributed by atoms with E-state index in [9.17, 15) is 9.90 Å². The Bertz CT molecular complexity index is 351. The molecule has 0 spiro atoms. The lowest BCUT2D eigenvalue weighted by atomic mass is 9.77. The number of nitrogens with zero attached hydrogens (tertiary/aromatic N) is 2. The van der Waals surface area contributed by atoms with Crippen LogP contribution in [0.5, 0.6) is 0 Å². The van der Waals surface area contributed by atoms with E-state index in [2.05, 4.69) is 17.1 Å². The number of aliphatic hydroxyl groups is 1. The summed E-state index contributed by atoms with van der Waals surface area (Å²) in [6.45, 7) is 11.7. The van der Waals surface area contributed by atoms with E-state index in [0.717, 1.165) is 58.5 Å². The fraction of sp³-hybridized carbons (Fsp3) is 0.938. The van der Waals surface area contributed by atoms with Gasteiger partial charge in [0.05, 0.1) is 11.0 Å². The summed E-state index contributed by atoms with van der Waals surface area (Å²) in [5.74, 6) is 0.333. The Balaban J connectivity index is 1.90. The quantitative estimate of drug-likeness (QED) is 0.801. The molecule has 0 radical (unpaired) electrons. The number of amides is 1. The SMILES string of the molecule is CCC1(C(=O)N2CCN(CC(C)(C)O)CC2)CCCNC1. The van der Waals surface area contributed by atoms with Crippen LogP contribution in [-0.4, -0.2) is 72.2 Å². The average Bonchev–Trinajstić information content (AvgIpc) is 2.46. The van der Waals surface area contributed by atoms with Crippen LogP contribution in [0.3, 0.4) is 0 Å². The van der Waals surface area contributed by atoms with Gasteiger partial charge >= 0.3 is 0 Å². The van der Waals surface area contributed by atoms with Crippen molar-refractivity contribution in [3.05, 3.63) is 0 Å². The molecule has 5 heteroatoms. The highest BCUT2D eigenvalue weighted by atomic mass is 16.3. The molecule has 21 heavy (non-hydrogen) atoms. The first-order valence-corrected chi connectivity index (χ1v) is 8.31. The number of β-amino-alcohol motifs (C(OH)–C–C–N with tert-alkyl or cyclic N) is 1. The Morgan fingerprint density at radius 2 is 1.95 bits per heavy atom. The summed E-state index contributed by atoms with van der Waals surface area (Å²) in [6.07, 6.45) is 3.03. The van der Waals surface area contributed by atoms with Crippen LogP contribution in [0.15, 0.2) is 0 Å². The first-order valence-electron chi connectivity index (χ1n) is 8.31. The van der Waals surface area contributed by atoms with Gasteiger partial charge in [-0.25, -0.2) is 0 Å². The van der Waals surface area contributed by atoms with Crippen LogP contribution in [0, 0.1) is 5.41 Å². The molecule has 0 bridgehead atoms. The lowest BCUT2D eigenvalue weighted by Crippen LogP contribution is -2.57. The van der Waals surface area contributed by atoms with Gasteiger partial charge in [-0.1, -0.05) is 6.92 Å². The Kier molecular flexibility index (Phi) is 5.28. The van der Waals surface area contributed by atoms with E-state index >= 15 is 0 Å². The van der Waals surface area contributed by atoms with Crippen molar-refractivity contribution in [3.63, 3.8) is 0 Å². The fourth-order valence-electron chi connectivity index (χ4n) is 3.60. The molecule has 1 amide bonds. The molecule has 5 nitrogen and oxygen atoms in total. The minimum Gasteiger partial charge on any atom is -0.389 e. The summed E-state index contributed by atoms with van der Waals surface area (Å²) in [7, 11) is 0. The van der Waals surface area contributed by atoms with Crippen molar-refractivity contribution in [2.45, 2.75) is 45.6 Å². The van der Waals surface area contributed by atoms with Crippen LogP contribution in [0.1, 0.15) is 40.0 Å². The summed E-state index contributed by atoms with van der Waals surface area (Å²) >= 11 is 0. The van der Waals surface area contributed by atoms with Crippen molar-refractivity contribution in [2.75, 3.05) is 45.8 Å². The minimum absolute atomic E-state index is 0.184. The van der Waals surface area contributed by atoms with Gasteiger partial charge < -0.3 is 15.3 Å². The van der Waals surface area contributed by atoms with E-state index in [-0.39, 0.29) is 5.41 Å². The largest absolute Gasteiger partial charge is 0.389 e. The van der Waals surface area contributed by atoms with Gasteiger partial charge in [-0.05, 0) is 39.7 Å². The molecular formula is C16H31N3O2. The zero-order valence-electron chi connectivity index (χ0n) is 13.8. The van der Waals surface area contributed by atoms with E-state index in [1.807, 2.05) is 18.7 Å². The van der Waals surface area contributed by atoms with Gasteiger partial charge in [-0.3, -0.25) is 9.69 Å². The number of carbonyl (C=O) groups excluding carboxylic acids is 1. The molecule has 1 unspecified atom stereocenters. The van der Waals surface area contributed by atoms with E-state index in [0.29, 0.717) is 12.5 Å². The van der Waals surface area contributed by atoms with E-state index in [1.54, 1.807) is 0 Å².